The number of hydrogen-bond acceptors (Lipinski definition) is 2. The standard InChI is InChI=1S/C15H26N2O/c1-10(13-9-11-5-6-12(13)8-11)17-15(18)14-4-2-3-7-16-14/h10-14,16H,2-9H2,1H3,(H,17,18)/t10?,11?,12?,13?,14-/m1/s1. The van der Waals surface area contributed by atoms with E-state index >= 15 is 0 Å². The van der Waals surface area contributed by atoms with Crippen molar-refractivity contribution in [1.82, 2.24) is 10.6 Å². The summed E-state index contributed by atoms with van der Waals surface area (Å²) in [5, 5.41) is 6.61. The Morgan fingerprint density at radius 1 is 1.22 bits per heavy atom. The Kier molecular flexibility index (Phi) is 3.60. The summed E-state index contributed by atoms with van der Waals surface area (Å²) in [6, 6.07) is 0.441. The second-order valence-electron chi connectivity index (χ2n) is 6.64. The summed E-state index contributed by atoms with van der Waals surface area (Å²) in [5.41, 5.74) is 0. The topological polar surface area (TPSA) is 41.1 Å². The van der Waals surface area contributed by atoms with Gasteiger partial charge in [-0.1, -0.05) is 12.8 Å². The van der Waals surface area contributed by atoms with E-state index in [1.54, 1.807) is 0 Å². The molecule has 0 radical (unpaired) electrons. The molecule has 3 fully saturated rings. The first kappa shape index (κ1) is 12.5. The third-order valence-electron chi connectivity index (χ3n) is 5.43. The van der Waals surface area contributed by atoms with Crippen molar-refractivity contribution in [2.24, 2.45) is 17.8 Å². The SMILES string of the molecule is CC(NC(=O)[C@H]1CCCCN1)C1CC2CCC1C2. The highest BCUT2D eigenvalue weighted by atomic mass is 16.2. The highest BCUT2D eigenvalue weighted by Crippen LogP contribution is 2.49. The fourth-order valence-electron chi connectivity index (χ4n) is 4.41. The molecule has 0 spiro atoms. The summed E-state index contributed by atoms with van der Waals surface area (Å²) in [6.45, 7) is 3.21. The van der Waals surface area contributed by atoms with Crippen molar-refractivity contribution in [2.45, 2.75) is 64.0 Å². The lowest BCUT2D eigenvalue weighted by Gasteiger charge is -2.31. The Bertz CT molecular complexity index is 312. The number of amides is 1. The van der Waals surface area contributed by atoms with Gasteiger partial charge in [0.1, 0.15) is 0 Å². The monoisotopic (exact) mass is 250 g/mol. The van der Waals surface area contributed by atoms with Crippen molar-refractivity contribution in [3.63, 3.8) is 0 Å². The molecular formula is C15H26N2O. The molecule has 18 heavy (non-hydrogen) atoms. The minimum absolute atomic E-state index is 0.0693. The van der Waals surface area contributed by atoms with E-state index in [-0.39, 0.29) is 11.9 Å². The molecule has 0 aromatic rings. The molecule has 2 saturated carbocycles. The van der Waals surface area contributed by atoms with E-state index in [0.29, 0.717) is 6.04 Å². The molecule has 2 aliphatic carbocycles. The van der Waals surface area contributed by atoms with Gasteiger partial charge in [-0.05, 0) is 63.3 Å². The predicted molar refractivity (Wildman–Crippen MR) is 72.2 cm³/mol. The lowest BCUT2D eigenvalue weighted by Crippen LogP contribution is -2.51. The number of carbonyl (C=O) groups is 1. The zero-order valence-electron chi connectivity index (χ0n) is 11.5. The molecule has 5 atom stereocenters. The van der Waals surface area contributed by atoms with Crippen LogP contribution in [0.15, 0.2) is 0 Å². The van der Waals surface area contributed by atoms with Crippen molar-refractivity contribution in [3.8, 4) is 0 Å². The van der Waals surface area contributed by atoms with Crippen LogP contribution in [-0.2, 0) is 4.79 Å². The van der Waals surface area contributed by atoms with Gasteiger partial charge in [0.25, 0.3) is 0 Å². The van der Waals surface area contributed by atoms with Crippen LogP contribution in [0, 0.1) is 17.8 Å². The maximum atomic E-state index is 12.2. The van der Waals surface area contributed by atoms with E-state index < -0.39 is 0 Å². The first-order chi connectivity index (χ1) is 8.74. The Labute approximate surface area is 110 Å². The van der Waals surface area contributed by atoms with Gasteiger partial charge in [0.15, 0.2) is 0 Å². The van der Waals surface area contributed by atoms with Gasteiger partial charge in [-0.2, -0.15) is 0 Å². The largest absolute Gasteiger partial charge is 0.352 e. The average Bonchev–Trinajstić information content (AvgIpc) is 3.02. The molecule has 3 nitrogen and oxygen atoms in total. The third kappa shape index (κ3) is 2.42. The number of carbonyl (C=O) groups excluding carboxylic acids is 1. The number of fused-ring (bicyclic) bond motifs is 2. The normalized spacial score (nSPS) is 40.7. The van der Waals surface area contributed by atoms with Crippen molar-refractivity contribution in [3.05, 3.63) is 0 Å². The van der Waals surface area contributed by atoms with Crippen LogP contribution >= 0.6 is 0 Å². The van der Waals surface area contributed by atoms with Crippen molar-refractivity contribution in [2.75, 3.05) is 6.54 Å². The highest BCUT2D eigenvalue weighted by molar-refractivity contribution is 5.82. The number of nitrogens with one attached hydrogen (secondary N) is 2. The molecule has 2 N–H and O–H groups in total. The molecule has 3 heteroatoms. The van der Waals surface area contributed by atoms with Gasteiger partial charge in [-0.15, -0.1) is 0 Å². The van der Waals surface area contributed by atoms with E-state index in [9.17, 15) is 4.79 Å². The lowest BCUT2D eigenvalue weighted by atomic mass is 9.84. The van der Waals surface area contributed by atoms with Crippen molar-refractivity contribution >= 4 is 5.91 Å². The van der Waals surface area contributed by atoms with Crippen LogP contribution in [0.25, 0.3) is 0 Å². The molecule has 1 saturated heterocycles. The van der Waals surface area contributed by atoms with Gasteiger partial charge >= 0.3 is 0 Å². The third-order valence-corrected chi connectivity index (χ3v) is 5.43. The van der Waals surface area contributed by atoms with Crippen LogP contribution in [0.2, 0.25) is 0 Å². The molecule has 102 valence electrons. The maximum Gasteiger partial charge on any atom is 0.237 e. The molecule has 3 aliphatic rings. The molecule has 0 aromatic carbocycles. The van der Waals surface area contributed by atoms with Gasteiger partial charge in [0.05, 0.1) is 6.04 Å². The molecular weight excluding hydrogens is 224 g/mol. The average molecular weight is 250 g/mol. The summed E-state index contributed by atoms with van der Waals surface area (Å²) < 4.78 is 0. The summed E-state index contributed by atoms with van der Waals surface area (Å²) in [5.74, 6) is 2.85. The Morgan fingerprint density at radius 3 is 2.72 bits per heavy atom. The van der Waals surface area contributed by atoms with Crippen LogP contribution in [0.3, 0.4) is 0 Å². The van der Waals surface area contributed by atoms with Crippen molar-refractivity contribution in [1.29, 1.82) is 0 Å². The van der Waals surface area contributed by atoms with E-state index in [1.807, 2.05) is 0 Å². The van der Waals surface area contributed by atoms with E-state index in [0.717, 1.165) is 30.7 Å². The molecule has 2 bridgehead atoms. The van der Waals surface area contributed by atoms with Crippen LogP contribution in [0.1, 0.15) is 51.9 Å². The Hall–Kier alpha value is -0.570. The maximum absolute atomic E-state index is 12.2. The summed E-state index contributed by atoms with van der Waals surface area (Å²) in [6.07, 6.45) is 9.02. The first-order valence-corrected chi connectivity index (χ1v) is 7.78. The molecule has 1 aliphatic heterocycles. The van der Waals surface area contributed by atoms with Crippen molar-refractivity contribution < 1.29 is 4.79 Å². The summed E-state index contributed by atoms with van der Waals surface area (Å²) >= 11 is 0. The molecule has 0 aromatic heterocycles. The smallest absolute Gasteiger partial charge is 0.237 e. The van der Waals surface area contributed by atoms with Gasteiger partial charge < -0.3 is 10.6 Å². The fourth-order valence-corrected chi connectivity index (χ4v) is 4.41. The second-order valence-corrected chi connectivity index (χ2v) is 6.64. The van der Waals surface area contributed by atoms with Gasteiger partial charge in [-0.25, -0.2) is 0 Å². The van der Waals surface area contributed by atoms with E-state index in [4.69, 9.17) is 0 Å². The van der Waals surface area contributed by atoms with E-state index in [1.165, 1.54) is 38.5 Å². The fraction of sp³-hybridized carbons (Fsp3) is 0.933. The number of piperidine rings is 1. The van der Waals surface area contributed by atoms with Crippen LogP contribution in [0.5, 0.6) is 0 Å². The zero-order valence-corrected chi connectivity index (χ0v) is 11.5. The molecule has 1 amide bonds. The van der Waals surface area contributed by atoms with Gasteiger partial charge in [0, 0.05) is 6.04 Å². The summed E-state index contributed by atoms with van der Waals surface area (Å²) in [7, 11) is 0. The van der Waals surface area contributed by atoms with Crippen LogP contribution < -0.4 is 10.6 Å². The number of hydrogen-bond donors (Lipinski definition) is 2. The predicted octanol–water partition coefficient (Wildman–Crippen LogP) is 2.07. The first-order valence-electron chi connectivity index (χ1n) is 7.78. The molecule has 1 heterocycles. The quantitative estimate of drug-likeness (QED) is 0.805. The van der Waals surface area contributed by atoms with Crippen LogP contribution in [-0.4, -0.2) is 24.5 Å². The van der Waals surface area contributed by atoms with Gasteiger partial charge in [0.2, 0.25) is 5.91 Å². The van der Waals surface area contributed by atoms with Gasteiger partial charge in [-0.3, -0.25) is 4.79 Å². The number of rotatable bonds is 3. The molecule has 3 rings (SSSR count). The highest BCUT2D eigenvalue weighted by Gasteiger charge is 2.42. The van der Waals surface area contributed by atoms with Crippen LogP contribution in [0.4, 0.5) is 0 Å². The zero-order chi connectivity index (χ0) is 12.5. The summed E-state index contributed by atoms with van der Waals surface area (Å²) in [4.78, 5) is 12.2. The lowest BCUT2D eigenvalue weighted by molar-refractivity contribution is -0.124. The Balaban J connectivity index is 1.51. The van der Waals surface area contributed by atoms with E-state index in [2.05, 4.69) is 17.6 Å². The second kappa shape index (κ2) is 5.20. The minimum Gasteiger partial charge on any atom is -0.352 e. The minimum atomic E-state index is 0.0693. The molecule has 4 unspecified atom stereocenters. The Morgan fingerprint density at radius 2 is 2.11 bits per heavy atom.